The van der Waals surface area contributed by atoms with Gasteiger partial charge in [0, 0.05) is 13.1 Å². The second-order valence-electron chi connectivity index (χ2n) is 8.86. The van der Waals surface area contributed by atoms with E-state index >= 15 is 0 Å². The van der Waals surface area contributed by atoms with Crippen LogP contribution in [0.5, 0.6) is 0 Å². The Kier molecular flexibility index (Phi) is 9.76. The van der Waals surface area contributed by atoms with Gasteiger partial charge in [-0.1, -0.05) is 47.5 Å². The third-order valence-corrected chi connectivity index (χ3v) is 5.28. The minimum Gasteiger partial charge on any atom is -0.349 e. The molecule has 0 aromatic rings. The SMILES string of the molecule is CCCCC(NC(=O)[C@@H]1CCCN1C(=O)[C@@H](N)C(C)(C)C)C(=O)C(=O)NCCC. The fraction of sp³-hybridized carbons (Fsp3) is 0.810. The molecule has 3 amide bonds. The van der Waals surface area contributed by atoms with E-state index in [0.29, 0.717) is 38.8 Å². The van der Waals surface area contributed by atoms with Gasteiger partial charge in [0.25, 0.3) is 5.91 Å². The number of hydrogen-bond donors (Lipinski definition) is 3. The van der Waals surface area contributed by atoms with Crippen molar-refractivity contribution in [3.8, 4) is 0 Å². The molecule has 0 aromatic heterocycles. The second-order valence-corrected chi connectivity index (χ2v) is 8.86. The van der Waals surface area contributed by atoms with E-state index in [-0.39, 0.29) is 5.91 Å². The van der Waals surface area contributed by atoms with Gasteiger partial charge in [-0.15, -0.1) is 0 Å². The molecule has 29 heavy (non-hydrogen) atoms. The van der Waals surface area contributed by atoms with Gasteiger partial charge in [-0.25, -0.2) is 0 Å². The van der Waals surface area contributed by atoms with Crippen LogP contribution in [0.4, 0.5) is 0 Å². The summed E-state index contributed by atoms with van der Waals surface area (Å²) < 4.78 is 0. The van der Waals surface area contributed by atoms with Gasteiger partial charge < -0.3 is 21.3 Å². The third kappa shape index (κ3) is 7.10. The number of nitrogens with two attached hydrogens (primary N) is 1. The predicted molar refractivity (Wildman–Crippen MR) is 112 cm³/mol. The summed E-state index contributed by atoms with van der Waals surface area (Å²) in [4.78, 5) is 51.9. The summed E-state index contributed by atoms with van der Waals surface area (Å²) >= 11 is 0. The molecule has 8 heteroatoms. The van der Waals surface area contributed by atoms with Gasteiger partial charge in [-0.2, -0.15) is 0 Å². The molecule has 1 rings (SSSR count). The van der Waals surface area contributed by atoms with Crippen LogP contribution in [0.25, 0.3) is 0 Å². The third-order valence-electron chi connectivity index (χ3n) is 5.28. The number of nitrogens with zero attached hydrogens (tertiary/aromatic N) is 1. The van der Waals surface area contributed by atoms with E-state index in [0.717, 1.165) is 12.8 Å². The highest BCUT2D eigenvalue weighted by Crippen LogP contribution is 2.24. The van der Waals surface area contributed by atoms with Crippen molar-refractivity contribution in [3.63, 3.8) is 0 Å². The molecule has 0 aromatic carbocycles. The molecular weight excluding hydrogens is 372 g/mol. The van der Waals surface area contributed by atoms with E-state index in [4.69, 9.17) is 5.73 Å². The van der Waals surface area contributed by atoms with Crippen molar-refractivity contribution in [2.45, 2.75) is 91.3 Å². The van der Waals surface area contributed by atoms with Gasteiger partial charge >= 0.3 is 0 Å². The number of Topliss-reactive ketones (excluding diaryl/α,β-unsaturated/α-hetero) is 1. The number of hydrogen-bond acceptors (Lipinski definition) is 5. The van der Waals surface area contributed by atoms with Crippen LogP contribution in [0.2, 0.25) is 0 Å². The van der Waals surface area contributed by atoms with Crippen LogP contribution in [0, 0.1) is 5.41 Å². The maximum Gasteiger partial charge on any atom is 0.289 e. The molecule has 0 aliphatic carbocycles. The lowest BCUT2D eigenvalue weighted by atomic mass is 9.86. The average Bonchev–Trinajstić information content (AvgIpc) is 3.16. The lowest BCUT2D eigenvalue weighted by Gasteiger charge is -2.33. The topological polar surface area (TPSA) is 122 Å². The Labute approximate surface area is 174 Å². The number of carbonyl (C=O) groups excluding carboxylic acids is 4. The molecule has 1 aliphatic rings. The molecule has 166 valence electrons. The molecule has 1 saturated heterocycles. The summed E-state index contributed by atoms with van der Waals surface area (Å²) in [7, 11) is 0. The fourth-order valence-electron chi connectivity index (χ4n) is 3.28. The van der Waals surface area contributed by atoms with Crippen LogP contribution in [0.1, 0.15) is 73.1 Å². The summed E-state index contributed by atoms with van der Waals surface area (Å²) in [6, 6.07) is -2.26. The molecule has 0 spiro atoms. The molecular formula is C21H38N4O4. The Morgan fingerprint density at radius 1 is 1.14 bits per heavy atom. The number of ketones is 1. The Morgan fingerprint density at radius 2 is 1.79 bits per heavy atom. The molecule has 8 nitrogen and oxygen atoms in total. The number of rotatable bonds is 10. The van der Waals surface area contributed by atoms with Crippen LogP contribution < -0.4 is 16.4 Å². The predicted octanol–water partition coefficient (Wildman–Crippen LogP) is 1.12. The lowest BCUT2D eigenvalue weighted by molar-refractivity contribution is -0.143. The van der Waals surface area contributed by atoms with Crippen molar-refractivity contribution >= 4 is 23.5 Å². The molecule has 1 unspecified atom stereocenters. The molecule has 3 atom stereocenters. The molecule has 1 aliphatic heterocycles. The largest absolute Gasteiger partial charge is 0.349 e. The average molecular weight is 411 g/mol. The number of likely N-dealkylation sites (tertiary alicyclic amines) is 1. The molecule has 0 bridgehead atoms. The van der Waals surface area contributed by atoms with E-state index in [2.05, 4.69) is 10.6 Å². The van der Waals surface area contributed by atoms with Crippen molar-refractivity contribution in [2.24, 2.45) is 11.1 Å². The first-order valence-electron chi connectivity index (χ1n) is 10.7. The summed E-state index contributed by atoms with van der Waals surface area (Å²) in [6.07, 6.45) is 3.88. The number of nitrogens with one attached hydrogen (secondary N) is 2. The van der Waals surface area contributed by atoms with Gasteiger partial charge in [-0.3, -0.25) is 19.2 Å². The minimum atomic E-state index is -0.881. The molecule has 1 fully saturated rings. The summed E-state index contributed by atoms with van der Waals surface area (Å²) in [5.41, 5.74) is 5.69. The molecule has 1 heterocycles. The normalized spacial score (nSPS) is 18.8. The first-order valence-corrected chi connectivity index (χ1v) is 10.7. The highest BCUT2D eigenvalue weighted by molar-refractivity contribution is 6.38. The van der Waals surface area contributed by atoms with Crippen molar-refractivity contribution in [3.05, 3.63) is 0 Å². The Balaban J connectivity index is 2.87. The number of carbonyl (C=O) groups is 4. The minimum absolute atomic E-state index is 0.257. The first kappa shape index (κ1) is 25.1. The number of amides is 3. The van der Waals surface area contributed by atoms with E-state index in [1.54, 1.807) is 0 Å². The zero-order valence-corrected chi connectivity index (χ0v) is 18.5. The van der Waals surface area contributed by atoms with Crippen molar-refractivity contribution < 1.29 is 19.2 Å². The first-order chi connectivity index (χ1) is 13.5. The highest BCUT2D eigenvalue weighted by Gasteiger charge is 2.40. The standard InChI is InChI=1S/C21H38N4O4/c1-6-8-10-14(16(26)19(28)23-12-7-2)24-18(27)15-11-9-13-25(15)20(29)17(22)21(3,4)5/h14-15,17H,6-13,22H2,1-5H3,(H,23,28)(H,24,27)/t14?,15-,17+/m0/s1. The molecule has 4 N–H and O–H groups in total. The van der Waals surface area contributed by atoms with E-state index < -0.39 is 41.1 Å². The quantitative estimate of drug-likeness (QED) is 0.466. The Hall–Kier alpha value is -1.96. The van der Waals surface area contributed by atoms with Gasteiger partial charge in [-0.05, 0) is 31.1 Å². The Bertz CT molecular complexity index is 600. The fourth-order valence-corrected chi connectivity index (χ4v) is 3.28. The van der Waals surface area contributed by atoms with Crippen LogP contribution in [0.3, 0.4) is 0 Å². The zero-order chi connectivity index (χ0) is 22.2. The monoisotopic (exact) mass is 410 g/mol. The van der Waals surface area contributed by atoms with Gasteiger partial charge in [0.1, 0.15) is 6.04 Å². The van der Waals surface area contributed by atoms with E-state index in [1.165, 1.54) is 4.90 Å². The van der Waals surface area contributed by atoms with E-state index in [9.17, 15) is 19.2 Å². The van der Waals surface area contributed by atoms with E-state index in [1.807, 2.05) is 34.6 Å². The second kappa shape index (κ2) is 11.3. The van der Waals surface area contributed by atoms with Crippen LogP contribution in [-0.4, -0.2) is 59.6 Å². The lowest BCUT2D eigenvalue weighted by Crippen LogP contribution is -2.57. The van der Waals surface area contributed by atoms with Crippen molar-refractivity contribution in [1.82, 2.24) is 15.5 Å². The van der Waals surface area contributed by atoms with Crippen molar-refractivity contribution in [2.75, 3.05) is 13.1 Å². The summed E-state index contributed by atoms with van der Waals surface area (Å²) in [5.74, 6) is -1.97. The Morgan fingerprint density at radius 3 is 2.34 bits per heavy atom. The molecule has 0 radical (unpaired) electrons. The highest BCUT2D eigenvalue weighted by atomic mass is 16.2. The van der Waals surface area contributed by atoms with Crippen LogP contribution >= 0.6 is 0 Å². The van der Waals surface area contributed by atoms with Crippen LogP contribution in [-0.2, 0) is 19.2 Å². The van der Waals surface area contributed by atoms with Gasteiger partial charge in [0.05, 0.1) is 12.1 Å². The molecule has 0 saturated carbocycles. The van der Waals surface area contributed by atoms with Crippen molar-refractivity contribution in [1.29, 1.82) is 0 Å². The maximum absolute atomic E-state index is 12.9. The van der Waals surface area contributed by atoms with Gasteiger partial charge in [0.15, 0.2) is 0 Å². The maximum atomic E-state index is 12.9. The van der Waals surface area contributed by atoms with Gasteiger partial charge in [0.2, 0.25) is 17.6 Å². The zero-order valence-electron chi connectivity index (χ0n) is 18.5. The van der Waals surface area contributed by atoms with Crippen LogP contribution in [0.15, 0.2) is 0 Å². The summed E-state index contributed by atoms with van der Waals surface area (Å²) in [6.45, 7) is 10.4. The smallest absolute Gasteiger partial charge is 0.289 e. The summed E-state index contributed by atoms with van der Waals surface area (Å²) in [5, 5.41) is 5.30. The number of unbranched alkanes of at least 4 members (excludes halogenated alkanes) is 1.